The molecule has 1 atom stereocenters. The maximum absolute atomic E-state index is 11.7. The van der Waals surface area contributed by atoms with Crippen LogP contribution in [0, 0.1) is 5.92 Å². The molecule has 0 aliphatic rings. The molecule has 2 amide bonds. The van der Waals surface area contributed by atoms with E-state index in [2.05, 4.69) is 24.5 Å². The van der Waals surface area contributed by atoms with Crippen LogP contribution in [-0.4, -0.2) is 41.1 Å². The second-order valence-corrected chi connectivity index (χ2v) is 6.46. The largest absolute Gasteiger partial charge is 0.481 e. The van der Waals surface area contributed by atoms with Crippen LogP contribution < -0.4 is 10.6 Å². The van der Waals surface area contributed by atoms with Gasteiger partial charge in [-0.2, -0.15) is 0 Å². The molecule has 0 rings (SSSR count). The summed E-state index contributed by atoms with van der Waals surface area (Å²) in [5.74, 6) is -2.15. The van der Waals surface area contributed by atoms with Gasteiger partial charge >= 0.3 is 5.97 Å². The van der Waals surface area contributed by atoms with Crippen LogP contribution in [0.3, 0.4) is 0 Å². The molecule has 8 nitrogen and oxygen atoms in total. The SMILES string of the molecule is CCC(C)CCCCC(=O)CC(=O)CCC(=O)NCNC(=O)CC(=O)O. The quantitative estimate of drug-likeness (QED) is 0.228. The van der Waals surface area contributed by atoms with Gasteiger partial charge in [-0.25, -0.2) is 0 Å². The second kappa shape index (κ2) is 14.0. The summed E-state index contributed by atoms with van der Waals surface area (Å²) in [5.41, 5.74) is 0. The highest BCUT2D eigenvalue weighted by Crippen LogP contribution is 2.13. The van der Waals surface area contributed by atoms with Crippen molar-refractivity contribution in [2.24, 2.45) is 5.92 Å². The number of Topliss-reactive ketones (excluding diaryl/α,β-unsaturated/α-hetero) is 2. The van der Waals surface area contributed by atoms with Crippen molar-refractivity contribution in [3.05, 3.63) is 0 Å². The Morgan fingerprint density at radius 1 is 0.846 bits per heavy atom. The van der Waals surface area contributed by atoms with E-state index in [0.717, 1.165) is 25.7 Å². The molecular formula is C18H30N2O6. The number of carbonyl (C=O) groups excluding carboxylic acids is 4. The minimum absolute atomic E-state index is 0.0342. The van der Waals surface area contributed by atoms with Crippen molar-refractivity contribution in [1.82, 2.24) is 10.6 Å². The average Bonchev–Trinajstić information content (AvgIpc) is 2.55. The Kier molecular flexibility index (Phi) is 12.8. The molecule has 0 aromatic heterocycles. The number of ketones is 2. The van der Waals surface area contributed by atoms with Gasteiger partial charge in [-0.1, -0.05) is 33.1 Å². The lowest BCUT2D eigenvalue weighted by Gasteiger charge is -2.07. The molecule has 0 bridgehead atoms. The Balaban J connectivity index is 3.76. The standard InChI is InChI=1S/C18H30N2O6/c1-3-13(2)6-4-5-7-14(21)10-15(22)8-9-16(23)19-12-20-17(24)11-18(25)26/h13H,3-12H2,1-2H3,(H,19,23)(H,20,24)(H,25,26). The molecule has 0 aliphatic carbocycles. The van der Waals surface area contributed by atoms with Gasteiger partial charge in [0.15, 0.2) is 0 Å². The molecule has 0 saturated heterocycles. The van der Waals surface area contributed by atoms with Crippen LogP contribution in [0.4, 0.5) is 0 Å². The van der Waals surface area contributed by atoms with Gasteiger partial charge in [0, 0.05) is 19.3 Å². The Morgan fingerprint density at radius 2 is 1.46 bits per heavy atom. The molecule has 0 aromatic carbocycles. The molecule has 0 saturated carbocycles. The number of hydrogen-bond donors (Lipinski definition) is 3. The maximum atomic E-state index is 11.7. The van der Waals surface area contributed by atoms with Gasteiger partial charge < -0.3 is 15.7 Å². The lowest BCUT2D eigenvalue weighted by atomic mass is 9.99. The normalized spacial score (nSPS) is 11.5. The van der Waals surface area contributed by atoms with E-state index < -0.39 is 24.2 Å². The van der Waals surface area contributed by atoms with Crippen LogP contribution in [0.25, 0.3) is 0 Å². The Morgan fingerprint density at radius 3 is 2.08 bits per heavy atom. The smallest absolute Gasteiger partial charge is 0.312 e. The van der Waals surface area contributed by atoms with E-state index >= 15 is 0 Å². The summed E-state index contributed by atoms with van der Waals surface area (Å²) in [6.07, 6.45) is 3.43. The van der Waals surface area contributed by atoms with Gasteiger partial charge in [-0.05, 0) is 12.3 Å². The molecule has 0 heterocycles. The van der Waals surface area contributed by atoms with Crippen molar-refractivity contribution < 1.29 is 29.1 Å². The molecule has 0 spiro atoms. The summed E-state index contributed by atoms with van der Waals surface area (Å²) in [6, 6.07) is 0. The lowest BCUT2D eigenvalue weighted by Crippen LogP contribution is -2.38. The third-order valence-corrected chi connectivity index (χ3v) is 4.01. The third-order valence-electron chi connectivity index (χ3n) is 4.01. The van der Waals surface area contributed by atoms with Crippen LogP contribution >= 0.6 is 0 Å². The van der Waals surface area contributed by atoms with Crippen molar-refractivity contribution in [2.45, 2.75) is 71.6 Å². The lowest BCUT2D eigenvalue weighted by molar-refractivity contribution is -0.140. The number of unbranched alkanes of at least 4 members (excludes halogenated alkanes) is 1. The molecule has 0 fully saturated rings. The molecule has 8 heteroatoms. The number of aliphatic carboxylic acids is 1. The van der Waals surface area contributed by atoms with Crippen molar-refractivity contribution in [1.29, 1.82) is 0 Å². The van der Waals surface area contributed by atoms with Crippen molar-refractivity contribution in [3.8, 4) is 0 Å². The van der Waals surface area contributed by atoms with Gasteiger partial charge in [0.2, 0.25) is 11.8 Å². The van der Waals surface area contributed by atoms with Gasteiger partial charge in [0.1, 0.15) is 18.0 Å². The number of rotatable bonds is 15. The predicted octanol–water partition coefficient (Wildman–Crippen LogP) is 1.57. The van der Waals surface area contributed by atoms with E-state index in [4.69, 9.17) is 5.11 Å². The zero-order valence-corrected chi connectivity index (χ0v) is 15.6. The Labute approximate surface area is 154 Å². The van der Waals surface area contributed by atoms with Crippen LogP contribution in [0.5, 0.6) is 0 Å². The number of carbonyl (C=O) groups is 5. The fraction of sp³-hybridized carbons (Fsp3) is 0.722. The van der Waals surface area contributed by atoms with Gasteiger partial charge in [-0.15, -0.1) is 0 Å². The van der Waals surface area contributed by atoms with Crippen LogP contribution in [-0.2, 0) is 24.0 Å². The number of carboxylic acid groups (broad SMARTS) is 1. The fourth-order valence-electron chi connectivity index (χ4n) is 2.20. The molecule has 0 aliphatic heterocycles. The third kappa shape index (κ3) is 14.1. The fourth-order valence-corrected chi connectivity index (χ4v) is 2.20. The highest BCUT2D eigenvalue weighted by atomic mass is 16.4. The minimum atomic E-state index is -1.26. The number of nitrogens with one attached hydrogen (secondary N) is 2. The zero-order chi connectivity index (χ0) is 19.9. The molecular weight excluding hydrogens is 340 g/mol. The highest BCUT2D eigenvalue weighted by Gasteiger charge is 2.12. The number of amides is 2. The highest BCUT2D eigenvalue weighted by molar-refractivity contribution is 6.00. The Hall–Kier alpha value is -2.25. The van der Waals surface area contributed by atoms with E-state index in [1.807, 2.05) is 0 Å². The zero-order valence-electron chi connectivity index (χ0n) is 15.6. The van der Waals surface area contributed by atoms with E-state index in [9.17, 15) is 24.0 Å². The molecule has 0 aromatic rings. The molecule has 1 unspecified atom stereocenters. The van der Waals surface area contributed by atoms with Crippen molar-refractivity contribution in [3.63, 3.8) is 0 Å². The van der Waals surface area contributed by atoms with Crippen molar-refractivity contribution >= 4 is 29.4 Å². The van der Waals surface area contributed by atoms with Crippen LogP contribution in [0.2, 0.25) is 0 Å². The van der Waals surface area contributed by atoms with E-state index in [-0.39, 0.29) is 37.5 Å². The molecule has 0 radical (unpaired) electrons. The van der Waals surface area contributed by atoms with Crippen molar-refractivity contribution in [2.75, 3.05) is 6.67 Å². The first kappa shape index (κ1) is 23.8. The number of carboxylic acids is 1. The maximum Gasteiger partial charge on any atom is 0.312 e. The first-order valence-electron chi connectivity index (χ1n) is 9.03. The van der Waals surface area contributed by atoms with Crippen LogP contribution in [0.15, 0.2) is 0 Å². The summed E-state index contributed by atoms with van der Waals surface area (Å²) in [6.45, 7) is 4.11. The first-order valence-corrected chi connectivity index (χ1v) is 9.03. The summed E-state index contributed by atoms with van der Waals surface area (Å²) in [4.78, 5) is 56.3. The Bertz CT molecular complexity index is 504. The predicted molar refractivity (Wildman–Crippen MR) is 95.2 cm³/mol. The second-order valence-electron chi connectivity index (χ2n) is 6.46. The molecule has 26 heavy (non-hydrogen) atoms. The molecule has 3 N–H and O–H groups in total. The summed E-state index contributed by atoms with van der Waals surface area (Å²) in [7, 11) is 0. The van der Waals surface area contributed by atoms with Gasteiger partial charge in [-0.3, -0.25) is 24.0 Å². The summed E-state index contributed by atoms with van der Waals surface area (Å²) in [5, 5.41) is 13.0. The average molecular weight is 370 g/mol. The topological polar surface area (TPSA) is 130 Å². The number of hydrogen-bond acceptors (Lipinski definition) is 5. The minimum Gasteiger partial charge on any atom is -0.481 e. The monoisotopic (exact) mass is 370 g/mol. The van der Waals surface area contributed by atoms with Gasteiger partial charge in [0.05, 0.1) is 13.1 Å². The van der Waals surface area contributed by atoms with Gasteiger partial charge in [0.25, 0.3) is 0 Å². The van der Waals surface area contributed by atoms with E-state index in [1.54, 1.807) is 0 Å². The molecule has 148 valence electrons. The first-order chi connectivity index (χ1) is 12.2. The van der Waals surface area contributed by atoms with Crippen LogP contribution in [0.1, 0.15) is 71.6 Å². The van der Waals surface area contributed by atoms with E-state index in [1.165, 1.54) is 0 Å². The summed E-state index contributed by atoms with van der Waals surface area (Å²) >= 11 is 0. The summed E-state index contributed by atoms with van der Waals surface area (Å²) < 4.78 is 0. The van der Waals surface area contributed by atoms with E-state index in [0.29, 0.717) is 12.3 Å².